The van der Waals surface area contributed by atoms with E-state index in [9.17, 15) is 9.18 Å². The Hall–Kier alpha value is -2.87. The molecule has 30 heavy (non-hydrogen) atoms. The molecule has 1 amide bonds. The second kappa shape index (κ2) is 10.8. The molecule has 0 aliphatic carbocycles. The van der Waals surface area contributed by atoms with E-state index in [-0.39, 0.29) is 34.6 Å². The molecule has 8 heteroatoms. The Morgan fingerprint density at radius 3 is 2.63 bits per heavy atom. The number of hydrogen-bond acceptors (Lipinski definition) is 6. The summed E-state index contributed by atoms with van der Waals surface area (Å²) in [5, 5.41) is 11.1. The second-order valence-corrected chi connectivity index (χ2v) is 7.80. The summed E-state index contributed by atoms with van der Waals surface area (Å²) in [7, 11) is 0. The Balaban J connectivity index is 1.42. The summed E-state index contributed by atoms with van der Waals surface area (Å²) >= 11 is 1.15. The molecule has 0 saturated heterocycles. The number of halogens is 1. The number of aryl methyl sites for hydroxylation is 1. The monoisotopic (exact) mass is 429 g/mol. The van der Waals surface area contributed by atoms with Crippen molar-refractivity contribution in [1.29, 1.82) is 0 Å². The first-order chi connectivity index (χ1) is 14.5. The molecule has 0 saturated carbocycles. The number of benzene rings is 2. The number of rotatable bonds is 10. The lowest BCUT2D eigenvalue weighted by molar-refractivity contribution is -0.119. The Morgan fingerprint density at radius 1 is 1.13 bits per heavy atom. The van der Waals surface area contributed by atoms with Crippen molar-refractivity contribution >= 4 is 17.7 Å². The summed E-state index contributed by atoms with van der Waals surface area (Å²) < 4.78 is 24.8. The quantitative estimate of drug-likeness (QED) is 0.476. The number of amides is 1. The van der Waals surface area contributed by atoms with Crippen molar-refractivity contribution in [2.75, 3.05) is 5.75 Å². The molecule has 0 aliphatic rings. The van der Waals surface area contributed by atoms with Crippen molar-refractivity contribution in [2.24, 2.45) is 0 Å². The molecule has 0 bridgehead atoms. The van der Waals surface area contributed by atoms with E-state index in [2.05, 4.69) is 27.6 Å². The topological polar surface area (TPSA) is 77.2 Å². The predicted octanol–water partition coefficient (Wildman–Crippen LogP) is 4.58. The zero-order valence-electron chi connectivity index (χ0n) is 16.9. The predicted molar refractivity (Wildman–Crippen MR) is 113 cm³/mol. The fraction of sp³-hybridized carbons (Fsp3) is 0.318. The van der Waals surface area contributed by atoms with Gasteiger partial charge in [0, 0.05) is 6.04 Å². The molecule has 6 nitrogen and oxygen atoms in total. The van der Waals surface area contributed by atoms with Crippen LogP contribution in [-0.2, 0) is 11.2 Å². The van der Waals surface area contributed by atoms with E-state index >= 15 is 0 Å². The van der Waals surface area contributed by atoms with Gasteiger partial charge < -0.3 is 14.5 Å². The molecule has 3 aromatic rings. The van der Waals surface area contributed by atoms with Crippen molar-refractivity contribution in [1.82, 2.24) is 15.5 Å². The SMILES string of the molecule is CC(CCc1ccccc1)NC(=O)CSc1nnc(C(C)Oc2ccccc2F)o1. The van der Waals surface area contributed by atoms with Crippen LogP contribution in [0.4, 0.5) is 4.39 Å². The molecule has 0 spiro atoms. The third-order valence-corrected chi connectivity index (χ3v) is 5.17. The largest absolute Gasteiger partial charge is 0.478 e. The normalized spacial score (nSPS) is 12.9. The summed E-state index contributed by atoms with van der Waals surface area (Å²) in [5.41, 5.74) is 1.25. The van der Waals surface area contributed by atoms with Crippen LogP contribution in [-0.4, -0.2) is 27.9 Å². The lowest BCUT2D eigenvalue weighted by Gasteiger charge is -2.13. The zero-order valence-corrected chi connectivity index (χ0v) is 17.7. The maximum absolute atomic E-state index is 13.7. The summed E-state index contributed by atoms with van der Waals surface area (Å²) in [4.78, 5) is 12.2. The van der Waals surface area contributed by atoms with Gasteiger partial charge in [-0.15, -0.1) is 10.2 Å². The summed E-state index contributed by atoms with van der Waals surface area (Å²) in [6.45, 7) is 3.67. The first-order valence-electron chi connectivity index (χ1n) is 9.72. The first kappa shape index (κ1) is 21.8. The van der Waals surface area contributed by atoms with E-state index in [4.69, 9.17) is 9.15 Å². The Labute approximate surface area is 179 Å². The first-order valence-corrected chi connectivity index (χ1v) is 10.7. The fourth-order valence-electron chi connectivity index (χ4n) is 2.77. The summed E-state index contributed by atoms with van der Waals surface area (Å²) in [6.07, 6.45) is 1.15. The van der Waals surface area contributed by atoms with Gasteiger partial charge in [0.1, 0.15) is 0 Å². The molecule has 0 radical (unpaired) electrons. The van der Waals surface area contributed by atoms with Crippen LogP contribution in [0.15, 0.2) is 64.2 Å². The fourth-order valence-corrected chi connectivity index (χ4v) is 3.35. The van der Waals surface area contributed by atoms with Gasteiger partial charge in [-0.05, 0) is 44.4 Å². The highest BCUT2D eigenvalue weighted by atomic mass is 32.2. The van der Waals surface area contributed by atoms with E-state index < -0.39 is 11.9 Å². The molecular weight excluding hydrogens is 405 g/mol. The summed E-state index contributed by atoms with van der Waals surface area (Å²) in [6, 6.07) is 16.3. The van der Waals surface area contributed by atoms with E-state index in [0.29, 0.717) is 0 Å². The Morgan fingerprint density at radius 2 is 1.87 bits per heavy atom. The average molecular weight is 430 g/mol. The molecule has 1 N–H and O–H groups in total. The molecule has 3 rings (SSSR count). The number of carbonyl (C=O) groups excluding carboxylic acids is 1. The van der Waals surface area contributed by atoms with Crippen LogP contribution < -0.4 is 10.1 Å². The summed E-state index contributed by atoms with van der Waals surface area (Å²) in [5.74, 6) is -0.0639. The van der Waals surface area contributed by atoms with Gasteiger partial charge in [0.05, 0.1) is 5.75 Å². The minimum Gasteiger partial charge on any atom is -0.478 e. The third-order valence-electron chi connectivity index (χ3n) is 4.35. The number of aromatic nitrogens is 2. The molecule has 1 heterocycles. The van der Waals surface area contributed by atoms with Crippen LogP contribution >= 0.6 is 11.8 Å². The van der Waals surface area contributed by atoms with Crippen molar-refractivity contribution in [2.45, 2.75) is 44.1 Å². The van der Waals surface area contributed by atoms with Gasteiger partial charge in [-0.25, -0.2) is 4.39 Å². The minimum atomic E-state index is -0.615. The lowest BCUT2D eigenvalue weighted by Crippen LogP contribution is -2.34. The highest BCUT2D eigenvalue weighted by molar-refractivity contribution is 7.99. The molecule has 1 aromatic heterocycles. The number of nitrogens with one attached hydrogen (secondary N) is 1. The van der Waals surface area contributed by atoms with Crippen LogP contribution in [0, 0.1) is 5.82 Å². The number of hydrogen-bond donors (Lipinski definition) is 1. The highest BCUT2D eigenvalue weighted by Gasteiger charge is 2.18. The minimum absolute atomic E-state index is 0.0609. The van der Waals surface area contributed by atoms with Crippen LogP contribution in [0.3, 0.4) is 0 Å². The van der Waals surface area contributed by atoms with Crippen molar-refractivity contribution in [3.63, 3.8) is 0 Å². The van der Waals surface area contributed by atoms with Gasteiger partial charge in [0.25, 0.3) is 11.1 Å². The van der Waals surface area contributed by atoms with Crippen molar-refractivity contribution in [3.05, 3.63) is 71.9 Å². The van der Waals surface area contributed by atoms with E-state index in [0.717, 1.165) is 24.6 Å². The molecular formula is C22H24FN3O3S. The van der Waals surface area contributed by atoms with E-state index in [1.165, 1.54) is 17.7 Å². The lowest BCUT2D eigenvalue weighted by atomic mass is 10.1. The van der Waals surface area contributed by atoms with Gasteiger partial charge in [-0.1, -0.05) is 54.2 Å². The highest BCUT2D eigenvalue weighted by Crippen LogP contribution is 2.25. The van der Waals surface area contributed by atoms with Crippen molar-refractivity contribution in [3.8, 4) is 5.75 Å². The molecule has 0 aliphatic heterocycles. The molecule has 2 unspecified atom stereocenters. The average Bonchev–Trinajstić information content (AvgIpc) is 3.22. The third kappa shape index (κ3) is 6.59. The van der Waals surface area contributed by atoms with Gasteiger partial charge in [0.15, 0.2) is 17.7 Å². The van der Waals surface area contributed by atoms with Gasteiger partial charge in [-0.3, -0.25) is 4.79 Å². The van der Waals surface area contributed by atoms with Gasteiger partial charge >= 0.3 is 0 Å². The molecule has 158 valence electrons. The maximum atomic E-state index is 13.7. The van der Waals surface area contributed by atoms with E-state index in [1.807, 2.05) is 25.1 Å². The number of carbonyl (C=O) groups is 1. The van der Waals surface area contributed by atoms with Crippen molar-refractivity contribution < 1.29 is 18.3 Å². The second-order valence-electron chi connectivity index (χ2n) is 6.88. The molecule has 2 atom stereocenters. The van der Waals surface area contributed by atoms with Gasteiger partial charge in [-0.2, -0.15) is 0 Å². The van der Waals surface area contributed by atoms with Crippen LogP contribution in [0.2, 0.25) is 0 Å². The molecule has 2 aromatic carbocycles. The number of nitrogens with zero attached hydrogens (tertiary/aromatic N) is 2. The standard InChI is InChI=1S/C22H24FN3O3S/c1-15(12-13-17-8-4-3-5-9-17)24-20(27)14-30-22-26-25-21(29-22)16(2)28-19-11-7-6-10-18(19)23/h3-11,15-16H,12-14H2,1-2H3,(H,24,27). The van der Waals surface area contributed by atoms with Crippen LogP contribution in [0.5, 0.6) is 5.75 Å². The smallest absolute Gasteiger partial charge is 0.277 e. The van der Waals surface area contributed by atoms with Crippen LogP contribution in [0.25, 0.3) is 0 Å². The van der Waals surface area contributed by atoms with Gasteiger partial charge in [0.2, 0.25) is 5.91 Å². The maximum Gasteiger partial charge on any atom is 0.277 e. The molecule has 0 fully saturated rings. The van der Waals surface area contributed by atoms with Crippen LogP contribution in [0.1, 0.15) is 37.8 Å². The Kier molecular flexibility index (Phi) is 7.84. The number of thioether (sulfide) groups is 1. The van der Waals surface area contributed by atoms with E-state index in [1.54, 1.807) is 19.1 Å². The number of ether oxygens (including phenoxy) is 1. The Bertz CT molecular complexity index is 952. The zero-order chi connectivity index (χ0) is 21.3. The number of para-hydroxylation sites is 1.